The minimum Gasteiger partial charge on any atom is -0.481 e. The minimum atomic E-state index is -1.25. The lowest BCUT2D eigenvalue weighted by atomic mass is 10.1. The molecule has 0 aliphatic heterocycles. The molecule has 0 aliphatic rings. The minimum absolute atomic E-state index is 0.0376. The quantitative estimate of drug-likeness (QED) is 0.455. The first-order chi connectivity index (χ1) is 16.5. The van der Waals surface area contributed by atoms with Gasteiger partial charge in [0, 0.05) is 30.2 Å². The molecular weight excluding hydrogens is 473 g/mol. The van der Waals surface area contributed by atoms with Crippen LogP contribution in [0.2, 0.25) is 0 Å². The van der Waals surface area contributed by atoms with E-state index in [0.717, 1.165) is 5.56 Å². The number of carbonyl (C=O) groups excluding carboxylic acids is 3. The fourth-order valence-electron chi connectivity index (χ4n) is 3.51. The molecule has 2 rings (SSSR count). The van der Waals surface area contributed by atoms with Gasteiger partial charge in [-0.1, -0.05) is 12.1 Å². The highest BCUT2D eigenvalue weighted by molar-refractivity contribution is 7.99. The number of benzene rings is 1. The van der Waals surface area contributed by atoms with Crippen molar-refractivity contribution in [1.82, 2.24) is 15.2 Å². The molecule has 8 nitrogen and oxygen atoms in total. The van der Waals surface area contributed by atoms with Crippen LogP contribution in [0.25, 0.3) is 0 Å². The molecule has 1 aromatic carbocycles. The van der Waals surface area contributed by atoms with Crippen molar-refractivity contribution < 1.29 is 28.7 Å². The largest absolute Gasteiger partial charge is 0.481 e. The SMILES string of the molecule is CC(C)N(C(=O)c1cncc(C(=O)N[C@@H](CC(=O)O)C(=O)CSCc2ccc(F)cc2)c1)C(C)C. The molecule has 0 aliphatic carbocycles. The maximum absolute atomic E-state index is 13.0. The van der Waals surface area contributed by atoms with Crippen molar-refractivity contribution in [2.24, 2.45) is 0 Å². The van der Waals surface area contributed by atoms with Gasteiger partial charge in [0.25, 0.3) is 11.8 Å². The van der Waals surface area contributed by atoms with E-state index in [4.69, 9.17) is 0 Å². The normalized spacial score (nSPS) is 11.9. The molecule has 35 heavy (non-hydrogen) atoms. The monoisotopic (exact) mass is 503 g/mol. The summed E-state index contributed by atoms with van der Waals surface area (Å²) in [5.74, 6) is -2.65. The number of Topliss-reactive ketones (excluding diaryl/α,β-unsaturated/α-hetero) is 1. The standard InChI is InChI=1S/C25H30FN3O5S/c1-15(2)29(16(3)4)25(34)19-9-18(11-27-12-19)24(33)28-21(10-23(31)32)22(30)14-35-13-17-5-7-20(26)8-6-17/h5-9,11-12,15-16,21H,10,13-14H2,1-4H3,(H,28,33)(H,31,32)/t21-/m0/s1. The molecular formula is C25H30FN3O5S. The first-order valence-electron chi connectivity index (χ1n) is 11.1. The molecule has 2 amide bonds. The summed E-state index contributed by atoms with van der Waals surface area (Å²) < 4.78 is 13.0. The van der Waals surface area contributed by atoms with Crippen LogP contribution in [-0.4, -0.2) is 62.4 Å². The van der Waals surface area contributed by atoms with Gasteiger partial charge in [-0.05, 0) is 51.5 Å². The van der Waals surface area contributed by atoms with E-state index >= 15 is 0 Å². The molecule has 0 saturated carbocycles. The van der Waals surface area contributed by atoms with Crippen LogP contribution in [0.1, 0.15) is 60.4 Å². The van der Waals surface area contributed by atoms with Crippen LogP contribution < -0.4 is 5.32 Å². The number of halogens is 1. The maximum Gasteiger partial charge on any atom is 0.305 e. The van der Waals surface area contributed by atoms with Crippen LogP contribution in [-0.2, 0) is 15.3 Å². The maximum atomic E-state index is 13.0. The number of thioether (sulfide) groups is 1. The van der Waals surface area contributed by atoms with Crippen molar-refractivity contribution >= 4 is 35.3 Å². The van der Waals surface area contributed by atoms with E-state index in [-0.39, 0.29) is 40.7 Å². The van der Waals surface area contributed by atoms with Gasteiger partial charge in [0.05, 0.1) is 29.3 Å². The number of pyridine rings is 1. The highest BCUT2D eigenvalue weighted by Gasteiger charge is 2.26. The van der Waals surface area contributed by atoms with Gasteiger partial charge in [0.1, 0.15) is 5.82 Å². The van der Waals surface area contributed by atoms with Gasteiger partial charge in [0.2, 0.25) is 0 Å². The van der Waals surface area contributed by atoms with Gasteiger partial charge in [-0.15, -0.1) is 11.8 Å². The lowest BCUT2D eigenvalue weighted by Gasteiger charge is -2.30. The molecule has 0 unspecified atom stereocenters. The Balaban J connectivity index is 2.09. The number of aromatic nitrogens is 1. The van der Waals surface area contributed by atoms with Gasteiger partial charge in [0.15, 0.2) is 5.78 Å². The third kappa shape index (κ3) is 8.47. The Bertz CT molecular complexity index is 1050. The number of hydrogen-bond donors (Lipinski definition) is 2. The highest BCUT2D eigenvalue weighted by atomic mass is 32.2. The molecule has 0 bridgehead atoms. The van der Waals surface area contributed by atoms with Crippen LogP contribution in [0.15, 0.2) is 42.7 Å². The lowest BCUT2D eigenvalue weighted by Crippen LogP contribution is -2.43. The van der Waals surface area contributed by atoms with Crippen molar-refractivity contribution in [2.45, 2.75) is 58.0 Å². The topological polar surface area (TPSA) is 117 Å². The predicted molar refractivity (Wildman–Crippen MR) is 132 cm³/mol. The number of rotatable bonds is 12. The van der Waals surface area contributed by atoms with E-state index in [9.17, 15) is 28.7 Å². The van der Waals surface area contributed by atoms with Crippen molar-refractivity contribution in [1.29, 1.82) is 0 Å². The summed E-state index contributed by atoms with van der Waals surface area (Å²) in [6, 6.07) is 5.85. The zero-order valence-corrected chi connectivity index (χ0v) is 21.0. The van der Waals surface area contributed by atoms with Crippen LogP contribution in [0.3, 0.4) is 0 Å². The van der Waals surface area contributed by atoms with Crippen LogP contribution >= 0.6 is 11.8 Å². The number of amides is 2. The summed E-state index contributed by atoms with van der Waals surface area (Å²) in [4.78, 5) is 55.4. The molecule has 1 atom stereocenters. The summed E-state index contributed by atoms with van der Waals surface area (Å²) in [5.41, 5.74) is 1.08. The van der Waals surface area contributed by atoms with Crippen molar-refractivity contribution in [3.05, 3.63) is 65.2 Å². The Morgan fingerprint density at radius 3 is 2.20 bits per heavy atom. The number of carboxylic acid groups (broad SMARTS) is 1. The second kappa shape index (κ2) is 13.0. The number of nitrogens with zero attached hydrogens (tertiary/aromatic N) is 2. The van der Waals surface area contributed by atoms with E-state index < -0.39 is 30.1 Å². The fraction of sp³-hybridized carbons (Fsp3) is 0.400. The van der Waals surface area contributed by atoms with Gasteiger partial charge in [-0.25, -0.2) is 4.39 Å². The summed E-state index contributed by atoms with van der Waals surface area (Å²) in [6.45, 7) is 7.55. The Morgan fingerprint density at radius 1 is 1.03 bits per heavy atom. The Kier molecular flexibility index (Phi) is 10.4. The van der Waals surface area contributed by atoms with Gasteiger partial charge < -0.3 is 15.3 Å². The Hall–Kier alpha value is -3.27. The number of nitrogens with one attached hydrogen (secondary N) is 1. The molecule has 1 heterocycles. The molecule has 0 radical (unpaired) electrons. The molecule has 0 spiro atoms. The number of ketones is 1. The highest BCUT2D eigenvalue weighted by Crippen LogP contribution is 2.16. The molecule has 0 fully saturated rings. The average Bonchev–Trinajstić information content (AvgIpc) is 2.79. The van der Waals surface area contributed by atoms with Gasteiger partial charge in [-0.2, -0.15) is 0 Å². The number of carboxylic acids is 1. The van der Waals surface area contributed by atoms with E-state index in [1.807, 2.05) is 27.7 Å². The number of hydrogen-bond acceptors (Lipinski definition) is 6. The van der Waals surface area contributed by atoms with E-state index in [2.05, 4.69) is 10.3 Å². The third-order valence-corrected chi connectivity index (χ3v) is 6.12. The smallest absolute Gasteiger partial charge is 0.305 e. The van der Waals surface area contributed by atoms with Gasteiger partial charge >= 0.3 is 5.97 Å². The second-order valence-corrected chi connectivity index (χ2v) is 9.56. The molecule has 188 valence electrons. The van der Waals surface area contributed by atoms with E-state index in [1.165, 1.54) is 42.4 Å². The fourth-order valence-corrected chi connectivity index (χ4v) is 4.44. The van der Waals surface area contributed by atoms with E-state index in [1.54, 1.807) is 17.0 Å². The Labute approximate surface area is 208 Å². The molecule has 1 aromatic heterocycles. The Morgan fingerprint density at radius 2 is 1.63 bits per heavy atom. The predicted octanol–water partition coefficient (Wildman–Crippen LogP) is 3.56. The number of aliphatic carboxylic acids is 1. The summed E-state index contributed by atoms with van der Waals surface area (Å²) in [5, 5.41) is 11.7. The molecule has 2 N–H and O–H groups in total. The summed E-state index contributed by atoms with van der Waals surface area (Å²) in [7, 11) is 0. The lowest BCUT2D eigenvalue weighted by molar-refractivity contribution is -0.139. The first-order valence-corrected chi connectivity index (χ1v) is 12.3. The first kappa shape index (κ1) is 28.0. The second-order valence-electron chi connectivity index (χ2n) is 8.57. The van der Waals surface area contributed by atoms with Crippen molar-refractivity contribution in [3.63, 3.8) is 0 Å². The average molecular weight is 504 g/mol. The zero-order valence-electron chi connectivity index (χ0n) is 20.2. The van der Waals surface area contributed by atoms with Crippen molar-refractivity contribution in [3.8, 4) is 0 Å². The molecule has 0 saturated heterocycles. The number of carbonyl (C=O) groups is 4. The molecule has 10 heteroatoms. The van der Waals surface area contributed by atoms with Gasteiger partial charge in [-0.3, -0.25) is 24.2 Å². The van der Waals surface area contributed by atoms with Crippen LogP contribution in [0.4, 0.5) is 4.39 Å². The molecule has 2 aromatic rings. The summed E-state index contributed by atoms with van der Waals surface area (Å²) in [6.07, 6.45) is 2.04. The van der Waals surface area contributed by atoms with Crippen molar-refractivity contribution in [2.75, 3.05) is 5.75 Å². The van der Waals surface area contributed by atoms with E-state index in [0.29, 0.717) is 5.75 Å². The third-order valence-electron chi connectivity index (χ3n) is 5.09. The summed E-state index contributed by atoms with van der Waals surface area (Å²) >= 11 is 1.23. The zero-order chi connectivity index (χ0) is 26.1. The van der Waals surface area contributed by atoms with Crippen LogP contribution in [0.5, 0.6) is 0 Å². The van der Waals surface area contributed by atoms with Crippen LogP contribution in [0, 0.1) is 5.82 Å².